The molecule has 1 aliphatic heterocycles. The van der Waals surface area contributed by atoms with Gasteiger partial charge in [0.05, 0.1) is 18.5 Å². The molecule has 1 saturated heterocycles. The highest BCUT2D eigenvalue weighted by molar-refractivity contribution is 5.85. The lowest BCUT2D eigenvalue weighted by Crippen LogP contribution is -2.35. The monoisotopic (exact) mass is 303 g/mol. The summed E-state index contributed by atoms with van der Waals surface area (Å²) in [5.41, 5.74) is 3.05. The van der Waals surface area contributed by atoms with Crippen molar-refractivity contribution in [2.24, 2.45) is 0 Å². The molecule has 2 atom stereocenters. The minimum atomic E-state index is -0.516. The van der Waals surface area contributed by atoms with Crippen molar-refractivity contribution in [1.29, 1.82) is 0 Å². The number of aryl methyl sites for hydroxylation is 1. The molecule has 2 heterocycles. The van der Waals surface area contributed by atoms with Crippen LogP contribution in [0, 0.1) is 0 Å². The first-order chi connectivity index (χ1) is 10.2. The Morgan fingerprint density at radius 2 is 1.73 bits per heavy atom. The van der Waals surface area contributed by atoms with E-state index in [-0.39, 0.29) is 36.4 Å². The van der Waals surface area contributed by atoms with Crippen LogP contribution in [-0.4, -0.2) is 28.5 Å². The van der Waals surface area contributed by atoms with Crippen molar-refractivity contribution in [3.63, 3.8) is 0 Å². The lowest BCUT2D eigenvalue weighted by Gasteiger charge is -2.32. The minimum Gasteiger partial charge on any atom is -0.458 e. The number of esters is 2. The average molecular weight is 303 g/mol. The Kier molecular flexibility index (Phi) is 3.62. The molecule has 116 valence electrons. The third-order valence-electron chi connectivity index (χ3n) is 4.22. The van der Waals surface area contributed by atoms with Crippen LogP contribution < -0.4 is 0 Å². The topological polar surface area (TPSA) is 99.9 Å². The van der Waals surface area contributed by atoms with E-state index in [9.17, 15) is 9.59 Å². The molecule has 1 aromatic heterocycles. The molecule has 6 nitrogen and oxygen atoms in total. The van der Waals surface area contributed by atoms with Crippen molar-refractivity contribution >= 4 is 22.8 Å². The molecule has 6 heteroatoms. The fraction of sp³-hybridized carbons (Fsp3) is 0.375. The summed E-state index contributed by atoms with van der Waals surface area (Å²) in [7, 11) is 0. The second-order valence-electron chi connectivity index (χ2n) is 5.54. The number of benzene rings is 1. The Labute approximate surface area is 126 Å². The van der Waals surface area contributed by atoms with E-state index in [2.05, 4.69) is 11.1 Å². The molecule has 3 N–H and O–H groups in total. The summed E-state index contributed by atoms with van der Waals surface area (Å²) in [5, 5.41) is 1.15. The third kappa shape index (κ3) is 2.25. The summed E-state index contributed by atoms with van der Waals surface area (Å²) < 4.78 is 11.0. The van der Waals surface area contributed by atoms with Gasteiger partial charge in [0, 0.05) is 10.9 Å². The van der Waals surface area contributed by atoms with Crippen LogP contribution in [0.15, 0.2) is 24.3 Å². The zero-order valence-corrected chi connectivity index (χ0v) is 11.9. The molecule has 1 aromatic carbocycles. The SMILES string of the molecule is O.O=C1CCC(=O)OC2c3[nH]c4ccccc4c3CCC2O1. The maximum absolute atomic E-state index is 11.8. The van der Waals surface area contributed by atoms with Crippen LogP contribution in [0.1, 0.15) is 36.6 Å². The number of H-pyrrole nitrogens is 1. The number of nitrogens with one attached hydrogen (secondary N) is 1. The second kappa shape index (κ2) is 5.46. The zero-order valence-electron chi connectivity index (χ0n) is 11.9. The first-order valence-electron chi connectivity index (χ1n) is 7.21. The van der Waals surface area contributed by atoms with Gasteiger partial charge in [0.15, 0.2) is 6.10 Å². The number of rotatable bonds is 0. The van der Waals surface area contributed by atoms with Crippen molar-refractivity contribution in [3.05, 3.63) is 35.5 Å². The number of carbonyl (C=O) groups is 2. The standard InChI is InChI=1S/C16H15NO4.H2O/c18-13-7-8-14(19)21-16-12(20-13)6-5-10-9-3-1-2-4-11(9)17-15(10)16;/h1-4,12,16-17H,5-8H2;1H2. The molecular weight excluding hydrogens is 286 g/mol. The van der Waals surface area contributed by atoms with E-state index in [4.69, 9.17) is 9.47 Å². The summed E-state index contributed by atoms with van der Waals surface area (Å²) in [6, 6.07) is 8.01. The molecule has 4 rings (SSSR count). The molecule has 1 aliphatic carbocycles. The Morgan fingerprint density at radius 1 is 1.00 bits per heavy atom. The predicted molar refractivity (Wildman–Crippen MR) is 78.2 cm³/mol. The van der Waals surface area contributed by atoms with E-state index in [0.29, 0.717) is 6.42 Å². The second-order valence-corrected chi connectivity index (χ2v) is 5.54. The Hall–Kier alpha value is -2.34. The Bertz CT molecular complexity index is 735. The summed E-state index contributed by atoms with van der Waals surface area (Å²) in [4.78, 5) is 26.8. The number of para-hydroxylation sites is 1. The molecule has 2 aromatic rings. The van der Waals surface area contributed by atoms with Gasteiger partial charge in [0.25, 0.3) is 0 Å². The number of ether oxygens (including phenoxy) is 2. The van der Waals surface area contributed by atoms with Gasteiger partial charge in [-0.25, -0.2) is 0 Å². The number of carbonyl (C=O) groups excluding carboxylic acids is 2. The summed E-state index contributed by atoms with van der Waals surface area (Å²) in [5.74, 6) is -0.658. The van der Waals surface area contributed by atoms with Gasteiger partial charge < -0.3 is 19.9 Å². The van der Waals surface area contributed by atoms with Crippen molar-refractivity contribution in [3.8, 4) is 0 Å². The number of fused-ring (bicyclic) bond motifs is 5. The number of aromatic nitrogens is 1. The highest BCUT2D eigenvalue weighted by atomic mass is 16.6. The molecule has 0 radical (unpaired) electrons. The third-order valence-corrected chi connectivity index (χ3v) is 4.22. The first-order valence-corrected chi connectivity index (χ1v) is 7.21. The van der Waals surface area contributed by atoms with E-state index < -0.39 is 6.10 Å². The quantitative estimate of drug-likeness (QED) is 0.747. The van der Waals surface area contributed by atoms with Crippen molar-refractivity contribution < 1.29 is 24.5 Å². The van der Waals surface area contributed by atoms with E-state index in [1.807, 2.05) is 18.2 Å². The molecule has 2 unspecified atom stereocenters. The van der Waals surface area contributed by atoms with Crippen molar-refractivity contribution in [1.82, 2.24) is 4.98 Å². The normalized spacial score (nSPS) is 24.2. The van der Waals surface area contributed by atoms with Crippen LogP contribution in [0.4, 0.5) is 0 Å². The number of aromatic amines is 1. The van der Waals surface area contributed by atoms with E-state index in [1.165, 1.54) is 0 Å². The minimum absolute atomic E-state index is 0. The smallest absolute Gasteiger partial charge is 0.307 e. The Balaban J connectivity index is 0.00000144. The van der Waals surface area contributed by atoms with Crippen molar-refractivity contribution in [2.75, 3.05) is 0 Å². The van der Waals surface area contributed by atoms with Gasteiger partial charge in [0.2, 0.25) is 0 Å². The van der Waals surface area contributed by atoms with E-state index in [1.54, 1.807) is 0 Å². The van der Waals surface area contributed by atoms with Gasteiger partial charge in [-0.2, -0.15) is 0 Å². The van der Waals surface area contributed by atoms with Crippen LogP contribution in [0.5, 0.6) is 0 Å². The van der Waals surface area contributed by atoms with Crippen molar-refractivity contribution in [2.45, 2.75) is 37.9 Å². The van der Waals surface area contributed by atoms with Crippen LogP contribution in [0.2, 0.25) is 0 Å². The number of hydrogen-bond donors (Lipinski definition) is 1. The van der Waals surface area contributed by atoms with Crippen LogP contribution in [0.25, 0.3) is 10.9 Å². The molecule has 22 heavy (non-hydrogen) atoms. The van der Waals surface area contributed by atoms with Gasteiger partial charge in [-0.3, -0.25) is 9.59 Å². The van der Waals surface area contributed by atoms with Crippen LogP contribution in [-0.2, 0) is 25.5 Å². The summed E-state index contributed by atoms with van der Waals surface area (Å²) in [6.45, 7) is 0. The maximum atomic E-state index is 11.8. The summed E-state index contributed by atoms with van der Waals surface area (Å²) >= 11 is 0. The lowest BCUT2D eigenvalue weighted by molar-refractivity contribution is -0.177. The fourth-order valence-electron chi connectivity index (χ4n) is 3.24. The first kappa shape index (κ1) is 14.6. The molecular formula is C16H17NO5. The lowest BCUT2D eigenvalue weighted by atomic mass is 9.90. The maximum Gasteiger partial charge on any atom is 0.307 e. The van der Waals surface area contributed by atoms with Crippen LogP contribution >= 0.6 is 0 Å². The summed E-state index contributed by atoms with van der Waals surface area (Å²) in [6.07, 6.45) is 0.767. The van der Waals surface area contributed by atoms with E-state index >= 15 is 0 Å². The van der Waals surface area contributed by atoms with Gasteiger partial charge in [-0.05, 0) is 24.5 Å². The molecule has 1 fully saturated rings. The highest BCUT2D eigenvalue weighted by Crippen LogP contribution is 2.39. The predicted octanol–water partition coefficient (Wildman–Crippen LogP) is 1.58. The number of hydrogen-bond acceptors (Lipinski definition) is 4. The largest absolute Gasteiger partial charge is 0.458 e. The molecule has 2 aliphatic rings. The molecule has 0 bridgehead atoms. The zero-order chi connectivity index (χ0) is 14.4. The molecule has 0 spiro atoms. The van der Waals surface area contributed by atoms with Gasteiger partial charge in [-0.15, -0.1) is 0 Å². The van der Waals surface area contributed by atoms with Crippen LogP contribution in [0.3, 0.4) is 0 Å². The fourth-order valence-corrected chi connectivity index (χ4v) is 3.24. The Morgan fingerprint density at radius 3 is 2.55 bits per heavy atom. The average Bonchev–Trinajstić information content (AvgIpc) is 2.85. The highest BCUT2D eigenvalue weighted by Gasteiger charge is 2.38. The van der Waals surface area contributed by atoms with E-state index in [0.717, 1.165) is 28.6 Å². The molecule has 0 saturated carbocycles. The van der Waals surface area contributed by atoms with Gasteiger partial charge in [-0.1, -0.05) is 18.2 Å². The van der Waals surface area contributed by atoms with Gasteiger partial charge in [0.1, 0.15) is 6.10 Å². The molecule has 0 amide bonds. The van der Waals surface area contributed by atoms with Gasteiger partial charge >= 0.3 is 11.9 Å².